The molecule has 1 heterocycles. The van der Waals surface area contributed by atoms with Crippen LogP contribution in [-0.2, 0) is 18.3 Å². The summed E-state index contributed by atoms with van der Waals surface area (Å²) in [5.41, 5.74) is 4.16. The Morgan fingerprint density at radius 3 is 2.74 bits per heavy atom. The van der Waals surface area contributed by atoms with Crippen molar-refractivity contribution in [2.45, 2.75) is 43.7 Å². The fraction of sp³-hybridized carbons (Fsp3) is 0.478. The maximum Gasteiger partial charge on any atom is 0.123 e. The second-order valence-electron chi connectivity index (χ2n) is 8.25. The van der Waals surface area contributed by atoms with E-state index < -0.39 is 0 Å². The summed E-state index contributed by atoms with van der Waals surface area (Å²) in [7, 11) is 3.98. The molecule has 2 aromatic rings. The highest BCUT2D eigenvalue weighted by Gasteiger charge is 2.49. The van der Waals surface area contributed by atoms with Gasteiger partial charge < -0.3 is 15.0 Å². The van der Waals surface area contributed by atoms with Crippen molar-refractivity contribution in [1.82, 2.24) is 10.2 Å². The molecular formula is C23H29FN2O. The van der Waals surface area contributed by atoms with Crippen molar-refractivity contribution in [3.05, 3.63) is 65.0 Å². The van der Waals surface area contributed by atoms with E-state index in [1.165, 1.54) is 16.7 Å². The molecule has 27 heavy (non-hydrogen) atoms. The number of fused-ring (bicyclic) bond motifs is 4. The van der Waals surface area contributed by atoms with Gasteiger partial charge >= 0.3 is 0 Å². The number of halogens is 1. The number of nitrogens with zero attached hydrogens (tertiary/aromatic N) is 1. The molecule has 3 nitrogen and oxygen atoms in total. The van der Waals surface area contributed by atoms with Crippen LogP contribution in [0.4, 0.5) is 4.39 Å². The van der Waals surface area contributed by atoms with Crippen LogP contribution in [-0.4, -0.2) is 44.2 Å². The molecule has 4 rings (SSSR count). The zero-order chi connectivity index (χ0) is 19.0. The lowest BCUT2D eigenvalue weighted by atomic mass is 9.61. The van der Waals surface area contributed by atoms with Crippen molar-refractivity contribution >= 4 is 0 Å². The van der Waals surface area contributed by atoms with E-state index in [0.717, 1.165) is 38.1 Å². The number of ether oxygens (including phenoxy) is 1. The van der Waals surface area contributed by atoms with Crippen LogP contribution in [0.5, 0.6) is 5.75 Å². The molecule has 1 aliphatic carbocycles. The van der Waals surface area contributed by atoms with Gasteiger partial charge in [-0.2, -0.15) is 0 Å². The highest BCUT2D eigenvalue weighted by molar-refractivity contribution is 5.45. The lowest BCUT2D eigenvalue weighted by Crippen LogP contribution is -2.66. The predicted molar refractivity (Wildman–Crippen MR) is 107 cm³/mol. The zero-order valence-corrected chi connectivity index (χ0v) is 16.5. The van der Waals surface area contributed by atoms with Crippen molar-refractivity contribution in [3.63, 3.8) is 0 Å². The van der Waals surface area contributed by atoms with Gasteiger partial charge in [0, 0.05) is 17.5 Å². The van der Waals surface area contributed by atoms with Gasteiger partial charge in [0.15, 0.2) is 0 Å². The summed E-state index contributed by atoms with van der Waals surface area (Å²) in [6.45, 7) is 4.42. The zero-order valence-electron chi connectivity index (χ0n) is 16.5. The van der Waals surface area contributed by atoms with Crippen molar-refractivity contribution in [1.29, 1.82) is 0 Å². The Balaban J connectivity index is 1.56. The quantitative estimate of drug-likeness (QED) is 0.873. The van der Waals surface area contributed by atoms with Gasteiger partial charge in [-0.25, -0.2) is 4.39 Å². The molecule has 0 spiro atoms. The van der Waals surface area contributed by atoms with Crippen LogP contribution in [0.3, 0.4) is 0 Å². The number of likely N-dealkylation sites (tertiary alicyclic amines) is 1. The van der Waals surface area contributed by atoms with Gasteiger partial charge in [0.25, 0.3) is 0 Å². The van der Waals surface area contributed by atoms with Gasteiger partial charge in [0.1, 0.15) is 11.6 Å². The molecule has 144 valence electrons. The van der Waals surface area contributed by atoms with E-state index in [0.29, 0.717) is 12.1 Å². The van der Waals surface area contributed by atoms with Gasteiger partial charge in [0.2, 0.25) is 0 Å². The fourth-order valence-corrected chi connectivity index (χ4v) is 4.99. The molecule has 0 aromatic heterocycles. The fourth-order valence-electron chi connectivity index (χ4n) is 4.99. The first-order valence-electron chi connectivity index (χ1n) is 9.87. The smallest absolute Gasteiger partial charge is 0.123 e. The molecule has 1 N–H and O–H groups in total. The van der Waals surface area contributed by atoms with Crippen molar-refractivity contribution in [2.75, 3.05) is 27.2 Å². The van der Waals surface area contributed by atoms with Gasteiger partial charge in [-0.3, -0.25) is 0 Å². The molecule has 0 amide bonds. The normalized spacial score (nSPS) is 27.3. The summed E-state index contributed by atoms with van der Waals surface area (Å²) in [6, 6.07) is 14.3. The van der Waals surface area contributed by atoms with Gasteiger partial charge in [0.05, 0.1) is 7.11 Å². The van der Waals surface area contributed by atoms with Crippen molar-refractivity contribution in [2.24, 2.45) is 0 Å². The average molecular weight is 368 g/mol. The van der Waals surface area contributed by atoms with E-state index in [2.05, 4.69) is 42.4 Å². The van der Waals surface area contributed by atoms with Gasteiger partial charge in [-0.05, 0) is 80.4 Å². The van der Waals surface area contributed by atoms with E-state index in [4.69, 9.17) is 4.74 Å². The predicted octanol–water partition coefficient (Wildman–Crippen LogP) is 3.55. The number of likely N-dealkylation sites (N-methyl/N-ethyl adjacent to an activating group) is 1. The molecule has 1 saturated heterocycles. The summed E-state index contributed by atoms with van der Waals surface area (Å²) in [6.07, 6.45) is 3.11. The van der Waals surface area contributed by atoms with Crippen molar-refractivity contribution < 1.29 is 9.13 Å². The molecule has 1 unspecified atom stereocenters. The number of piperidine rings is 1. The molecular weight excluding hydrogens is 339 g/mol. The number of hydrogen-bond donors (Lipinski definition) is 1. The number of methoxy groups -OCH3 is 1. The van der Waals surface area contributed by atoms with Crippen LogP contribution >= 0.6 is 0 Å². The number of nitrogens with one attached hydrogen (secondary N) is 1. The molecule has 1 aliphatic heterocycles. The first-order valence-corrected chi connectivity index (χ1v) is 9.87. The summed E-state index contributed by atoms with van der Waals surface area (Å²) in [5, 5.41) is 3.86. The maximum absolute atomic E-state index is 13.1. The van der Waals surface area contributed by atoms with Crippen LogP contribution in [0.1, 0.15) is 30.0 Å². The van der Waals surface area contributed by atoms with Crippen LogP contribution in [0.15, 0.2) is 42.5 Å². The largest absolute Gasteiger partial charge is 0.497 e. The minimum absolute atomic E-state index is 0.0993. The van der Waals surface area contributed by atoms with Crippen LogP contribution in [0, 0.1) is 5.82 Å². The highest BCUT2D eigenvalue weighted by Crippen LogP contribution is 2.45. The van der Waals surface area contributed by atoms with E-state index in [-0.39, 0.29) is 11.2 Å². The van der Waals surface area contributed by atoms with Crippen LogP contribution in [0.2, 0.25) is 0 Å². The lowest BCUT2D eigenvalue weighted by Gasteiger charge is -2.55. The molecule has 1 fully saturated rings. The first-order chi connectivity index (χ1) is 13.0. The lowest BCUT2D eigenvalue weighted by molar-refractivity contribution is 0.0663. The molecule has 2 bridgehead atoms. The third-order valence-corrected chi connectivity index (χ3v) is 6.67. The first kappa shape index (κ1) is 18.5. The van der Waals surface area contributed by atoms with E-state index in [1.54, 1.807) is 19.2 Å². The second kappa shape index (κ2) is 7.25. The highest BCUT2D eigenvalue weighted by atomic mass is 19.1. The van der Waals surface area contributed by atoms with E-state index in [9.17, 15) is 4.39 Å². The Morgan fingerprint density at radius 2 is 2.00 bits per heavy atom. The third kappa shape index (κ3) is 3.37. The van der Waals surface area contributed by atoms with Crippen molar-refractivity contribution in [3.8, 4) is 5.75 Å². The average Bonchev–Trinajstić information content (AvgIpc) is 2.68. The Labute approximate surface area is 161 Å². The summed E-state index contributed by atoms with van der Waals surface area (Å²) >= 11 is 0. The SMILES string of the molecule is COc1ccc2c(c1)[C@]1(C)CCN(C)[C@H](C2)C1NCCc1ccc(F)cc1. The monoisotopic (exact) mass is 368 g/mol. The van der Waals surface area contributed by atoms with Crippen LogP contribution < -0.4 is 10.1 Å². The maximum atomic E-state index is 13.1. The minimum atomic E-state index is -0.173. The third-order valence-electron chi connectivity index (χ3n) is 6.67. The second-order valence-corrected chi connectivity index (χ2v) is 8.25. The van der Waals surface area contributed by atoms with E-state index >= 15 is 0 Å². The molecule has 0 saturated carbocycles. The standard InChI is InChI=1S/C23H29FN2O/c1-23-11-13-26(2)21(14-17-6-9-19(27-3)15-20(17)23)22(23)25-12-10-16-4-7-18(24)8-5-16/h4-9,15,21-22,25H,10-14H2,1-3H3/t21-,22?,23+/m1/s1. The minimum Gasteiger partial charge on any atom is -0.497 e. The van der Waals surface area contributed by atoms with Gasteiger partial charge in [-0.1, -0.05) is 25.1 Å². The Bertz CT molecular complexity index is 807. The molecule has 3 atom stereocenters. The molecule has 0 radical (unpaired) electrons. The Morgan fingerprint density at radius 1 is 1.22 bits per heavy atom. The summed E-state index contributed by atoms with van der Waals surface area (Å²) < 4.78 is 18.6. The molecule has 2 aromatic carbocycles. The van der Waals surface area contributed by atoms with E-state index in [1.807, 2.05) is 12.1 Å². The van der Waals surface area contributed by atoms with Crippen LogP contribution in [0.25, 0.3) is 0 Å². The number of rotatable bonds is 5. The topological polar surface area (TPSA) is 24.5 Å². The number of hydrogen-bond acceptors (Lipinski definition) is 3. The molecule has 2 aliphatic rings. The number of benzene rings is 2. The Hall–Kier alpha value is -1.91. The van der Waals surface area contributed by atoms with Gasteiger partial charge in [-0.15, -0.1) is 0 Å². The summed E-state index contributed by atoms with van der Waals surface area (Å²) in [4.78, 5) is 2.50. The Kier molecular flexibility index (Phi) is 4.95. The summed E-state index contributed by atoms with van der Waals surface area (Å²) in [5.74, 6) is 0.769. The molecule has 4 heteroatoms.